The number of hydrogen-bond acceptors (Lipinski definition) is 3. The van der Waals surface area contributed by atoms with Gasteiger partial charge < -0.3 is 15.8 Å². The van der Waals surface area contributed by atoms with Gasteiger partial charge in [-0.15, -0.1) is 6.58 Å². The van der Waals surface area contributed by atoms with Crippen molar-refractivity contribution < 1.29 is 9.53 Å². The van der Waals surface area contributed by atoms with E-state index >= 15 is 0 Å². The number of ether oxygens (including phenoxy) is 1. The Labute approximate surface area is 78.1 Å². The van der Waals surface area contributed by atoms with Gasteiger partial charge >= 0.3 is 0 Å². The highest BCUT2D eigenvalue weighted by Gasteiger charge is 2.38. The summed E-state index contributed by atoms with van der Waals surface area (Å²) in [5, 5.41) is 2.75. The van der Waals surface area contributed by atoms with Crippen LogP contribution in [0.3, 0.4) is 0 Å². The highest BCUT2D eigenvalue weighted by atomic mass is 16.5. The second-order valence-electron chi connectivity index (χ2n) is 3.46. The van der Waals surface area contributed by atoms with Gasteiger partial charge in [-0.3, -0.25) is 4.79 Å². The van der Waals surface area contributed by atoms with Gasteiger partial charge in [-0.1, -0.05) is 6.08 Å². The molecule has 74 valence electrons. The fraction of sp³-hybridized carbons (Fsp3) is 0.667. The number of hydrogen-bond donors (Lipinski definition) is 2. The molecule has 3 N–H and O–H groups in total. The van der Waals surface area contributed by atoms with Crippen molar-refractivity contribution in [1.82, 2.24) is 5.32 Å². The van der Waals surface area contributed by atoms with Crippen LogP contribution in [0.25, 0.3) is 0 Å². The third kappa shape index (κ3) is 2.29. The molecule has 1 rings (SSSR count). The topological polar surface area (TPSA) is 64.4 Å². The number of rotatable bonds is 3. The zero-order valence-electron chi connectivity index (χ0n) is 7.88. The van der Waals surface area contributed by atoms with Crippen molar-refractivity contribution in [1.29, 1.82) is 0 Å². The molecule has 0 aromatic rings. The summed E-state index contributed by atoms with van der Waals surface area (Å²) >= 11 is 0. The van der Waals surface area contributed by atoms with Crippen molar-refractivity contribution in [3.05, 3.63) is 12.7 Å². The first-order chi connectivity index (χ1) is 6.08. The van der Waals surface area contributed by atoms with Gasteiger partial charge in [-0.2, -0.15) is 0 Å². The van der Waals surface area contributed by atoms with Crippen LogP contribution in [-0.4, -0.2) is 30.7 Å². The molecule has 4 heteroatoms. The molecule has 1 aliphatic heterocycles. The number of nitrogens with two attached hydrogens (primary N) is 1. The van der Waals surface area contributed by atoms with Crippen molar-refractivity contribution in [2.24, 2.45) is 5.73 Å². The van der Waals surface area contributed by atoms with E-state index in [0.29, 0.717) is 19.6 Å². The Hall–Kier alpha value is -0.870. The predicted molar refractivity (Wildman–Crippen MR) is 50.2 cm³/mol. The van der Waals surface area contributed by atoms with Gasteiger partial charge in [0.1, 0.15) is 5.54 Å². The maximum Gasteiger partial charge on any atom is 0.243 e. The van der Waals surface area contributed by atoms with E-state index < -0.39 is 5.54 Å². The summed E-state index contributed by atoms with van der Waals surface area (Å²) in [5.41, 5.74) is 5.00. The lowest BCUT2D eigenvalue weighted by Crippen LogP contribution is -2.56. The lowest BCUT2D eigenvalue weighted by atomic mass is 9.99. The van der Waals surface area contributed by atoms with Gasteiger partial charge in [0.15, 0.2) is 0 Å². The molecule has 0 bridgehead atoms. The van der Waals surface area contributed by atoms with Crippen LogP contribution in [0.15, 0.2) is 12.7 Å². The largest absolute Gasteiger partial charge is 0.379 e. The Morgan fingerprint density at radius 3 is 3.00 bits per heavy atom. The summed E-state index contributed by atoms with van der Waals surface area (Å²) in [4.78, 5) is 11.6. The summed E-state index contributed by atoms with van der Waals surface area (Å²) in [6.45, 7) is 6.30. The van der Waals surface area contributed by atoms with E-state index in [-0.39, 0.29) is 11.9 Å². The monoisotopic (exact) mass is 184 g/mol. The van der Waals surface area contributed by atoms with Gasteiger partial charge in [0.25, 0.3) is 0 Å². The van der Waals surface area contributed by atoms with Crippen molar-refractivity contribution in [3.63, 3.8) is 0 Å². The smallest absolute Gasteiger partial charge is 0.243 e. The maximum atomic E-state index is 11.6. The molecule has 2 unspecified atom stereocenters. The van der Waals surface area contributed by atoms with Crippen molar-refractivity contribution in [2.45, 2.75) is 24.9 Å². The lowest BCUT2D eigenvalue weighted by molar-refractivity contribution is -0.126. The molecule has 13 heavy (non-hydrogen) atoms. The van der Waals surface area contributed by atoms with Crippen LogP contribution < -0.4 is 11.1 Å². The van der Waals surface area contributed by atoms with E-state index in [0.717, 1.165) is 0 Å². The third-order valence-corrected chi connectivity index (χ3v) is 2.22. The molecule has 0 aliphatic carbocycles. The molecular formula is C9H16N2O2. The molecule has 1 saturated heterocycles. The normalized spacial score (nSPS) is 29.7. The molecule has 1 heterocycles. The maximum absolute atomic E-state index is 11.6. The number of amides is 1. The fourth-order valence-electron chi connectivity index (χ4n) is 1.17. The van der Waals surface area contributed by atoms with E-state index in [1.165, 1.54) is 0 Å². The van der Waals surface area contributed by atoms with Gasteiger partial charge in [0.05, 0.1) is 6.61 Å². The van der Waals surface area contributed by atoms with Crippen LogP contribution in [-0.2, 0) is 9.53 Å². The van der Waals surface area contributed by atoms with Gasteiger partial charge in [0.2, 0.25) is 5.91 Å². The summed E-state index contributed by atoms with van der Waals surface area (Å²) in [6.07, 6.45) is 2.25. The van der Waals surface area contributed by atoms with Crippen LogP contribution in [0.4, 0.5) is 0 Å². The van der Waals surface area contributed by atoms with Gasteiger partial charge in [0, 0.05) is 12.6 Å². The third-order valence-electron chi connectivity index (χ3n) is 2.22. The average molecular weight is 184 g/mol. The molecule has 2 atom stereocenters. The van der Waals surface area contributed by atoms with E-state index in [1.807, 2.05) is 6.92 Å². The molecule has 0 aromatic heterocycles. The molecule has 0 spiro atoms. The molecular weight excluding hydrogens is 168 g/mol. The molecule has 0 saturated carbocycles. The highest BCUT2D eigenvalue weighted by Crippen LogP contribution is 2.15. The quantitative estimate of drug-likeness (QED) is 0.597. The van der Waals surface area contributed by atoms with Crippen molar-refractivity contribution >= 4 is 5.91 Å². The standard InChI is InChI=1S/C9H16N2O2/c1-3-7(2)11-8(12)9(10)4-5-13-6-9/h3,7H,1,4-6,10H2,2H3,(H,11,12). The molecule has 1 amide bonds. The number of carbonyl (C=O) groups is 1. The second kappa shape index (κ2) is 3.89. The van der Waals surface area contributed by atoms with E-state index in [9.17, 15) is 4.79 Å². The zero-order valence-corrected chi connectivity index (χ0v) is 7.88. The summed E-state index contributed by atoms with van der Waals surface area (Å²) in [5.74, 6) is -0.155. The molecule has 0 aromatic carbocycles. The van der Waals surface area contributed by atoms with Crippen LogP contribution >= 0.6 is 0 Å². The van der Waals surface area contributed by atoms with Crippen LogP contribution in [0, 0.1) is 0 Å². The Balaban J connectivity index is 2.51. The summed E-state index contributed by atoms with van der Waals surface area (Å²) in [7, 11) is 0. The highest BCUT2D eigenvalue weighted by molar-refractivity contribution is 5.86. The Bertz CT molecular complexity index is 210. The minimum absolute atomic E-state index is 0.0477. The predicted octanol–water partition coefficient (Wildman–Crippen LogP) is -0.205. The van der Waals surface area contributed by atoms with Gasteiger partial charge in [-0.05, 0) is 13.3 Å². The van der Waals surface area contributed by atoms with Crippen LogP contribution in [0.2, 0.25) is 0 Å². The fourth-order valence-corrected chi connectivity index (χ4v) is 1.17. The Kier molecular flexibility index (Phi) is 3.06. The minimum atomic E-state index is -0.836. The average Bonchev–Trinajstić information content (AvgIpc) is 2.53. The Morgan fingerprint density at radius 1 is 1.85 bits per heavy atom. The SMILES string of the molecule is C=CC(C)NC(=O)C1(N)CCOC1. The van der Waals surface area contributed by atoms with Crippen LogP contribution in [0.1, 0.15) is 13.3 Å². The van der Waals surface area contributed by atoms with E-state index in [1.54, 1.807) is 6.08 Å². The second-order valence-corrected chi connectivity index (χ2v) is 3.46. The first-order valence-corrected chi connectivity index (χ1v) is 4.38. The molecule has 0 radical (unpaired) electrons. The van der Waals surface area contributed by atoms with E-state index in [2.05, 4.69) is 11.9 Å². The van der Waals surface area contributed by atoms with Gasteiger partial charge in [-0.25, -0.2) is 0 Å². The molecule has 1 aliphatic rings. The zero-order chi connectivity index (χ0) is 9.90. The number of carbonyl (C=O) groups excluding carboxylic acids is 1. The minimum Gasteiger partial charge on any atom is -0.379 e. The van der Waals surface area contributed by atoms with E-state index in [4.69, 9.17) is 10.5 Å². The first kappa shape index (κ1) is 10.2. The number of nitrogens with one attached hydrogen (secondary N) is 1. The lowest BCUT2D eigenvalue weighted by Gasteiger charge is -2.22. The summed E-state index contributed by atoms with van der Waals surface area (Å²) < 4.78 is 5.08. The summed E-state index contributed by atoms with van der Waals surface area (Å²) in [6, 6.07) is -0.0477. The Morgan fingerprint density at radius 2 is 2.54 bits per heavy atom. The van der Waals surface area contributed by atoms with Crippen molar-refractivity contribution in [3.8, 4) is 0 Å². The first-order valence-electron chi connectivity index (χ1n) is 4.38. The molecule has 4 nitrogen and oxygen atoms in total. The molecule has 1 fully saturated rings. The van der Waals surface area contributed by atoms with Crippen molar-refractivity contribution in [2.75, 3.05) is 13.2 Å². The van der Waals surface area contributed by atoms with Crippen LogP contribution in [0.5, 0.6) is 0 Å².